The van der Waals surface area contributed by atoms with Crippen molar-refractivity contribution in [2.75, 3.05) is 17.2 Å². The molecule has 124 valence electrons. The zero-order valence-electron chi connectivity index (χ0n) is 14.0. The molecular formula is C20H19N5. The van der Waals surface area contributed by atoms with Crippen LogP contribution in [0.3, 0.4) is 0 Å². The largest absolute Gasteiger partial charge is 0.370 e. The molecule has 0 amide bonds. The Balaban J connectivity index is 1.66. The van der Waals surface area contributed by atoms with E-state index in [0.29, 0.717) is 17.2 Å². The first-order chi connectivity index (χ1) is 12.2. The van der Waals surface area contributed by atoms with E-state index in [4.69, 9.17) is 5.26 Å². The van der Waals surface area contributed by atoms with E-state index in [1.807, 2.05) is 43.3 Å². The summed E-state index contributed by atoms with van der Waals surface area (Å²) in [6.45, 7) is 2.66. The zero-order valence-corrected chi connectivity index (χ0v) is 14.0. The maximum Gasteiger partial charge on any atom is 0.136 e. The molecule has 0 saturated carbocycles. The molecule has 0 bridgehead atoms. The van der Waals surface area contributed by atoms with Crippen LogP contribution in [0, 0.1) is 18.3 Å². The second kappa shape index (κ2) is 7.93. The number of benzene rings is 2. The van der Waals surface area contributed by atoms with E-state index in [-0.39, 0.29) is 0 Å². The third kappa shape index (κ3) is 4.79. The summed E-state index contributed by atoms with van der Waals surface area (Å²) >= 11 is 0. The minimum Gasteiger partial charge on any atom is -0.370 e. The molecule has 1 heterocycles. The lowest BCUT2D eigenvalue weighted by Crippen LogP contribution is -2.08. The number of hydrogen-bond acceptors (Lipinski definition) is 5. The summed E-state index contributed by atoms with van der Waals surface area (Å²) in [5.41, 5.74) is 2.72. The number of nitrogens with one attached hydrogen (secondary N) is 2. The van der Waals surface area contributed by atoms with E-state index in [1.165, 1.54) is 5.56 Å². The lowest BCUT2D eigenvalue weighted by molar-refractivity contribution is 0.983. The van der Waals surface area contributed by atoms with Gasteiger partial charge in [0.25, 0.3) is 0 Å². The number of nitriles is 1. The fraction of sp³-hybridized carbons (Fsp3) is 0.150. The fourth-order valence-electron chi connectivity index (χ4n) is 2.52. The van der Waals surface area contributed by atoms with Crippen molar-refractivity contribution in [2.45, 2.75) is 13.3 Å². The molecule has 0 radical (unpaired) electrons. The molecule has 2 aromatic carbocycles. The Morgan fingerprint density at radius 1 is 0.960 bits per heavy atom. The van der Waals surface area contributed by atoms with Gasteiger partial charge in [0.1, 0.15) is 17.5 Å². The summed E-state index contributed by atoms with van der Waals surface area (Å²) in [6, 6.07) is 21.6. The van der Waals surface area contributed by atoms with Crippen molar-refractivity contribution < 1.29 is 0 Å². The van der Waals surface area contributed by atoms with Crippen LogP contribution in [-0.4, -0.2) is 16.5 Å². The molecule has 3 aromatic rings. The molecular weight excluding hydrogens is 310 g/mol. The normalized spacial score (nSPS) is 10.1. The van der Waals surface area contributed by atoms with Gasteiger partial charge >= 0.3 is 0 Å². The third-order valence-corrected chi connectivity index (χ3v) is 3.66. The number of hydrogen-bond donors (Lipinski definition) is 2. The van der Waals surface area contributed by atoms with Gasteiger partial charge in [-0.25, -0.2) is 9.97 Å². The molecule has 0 fully saturated rings. The van der Waals surface area contributed by atoms with Gasteiger partial charge in [0.05, 0.1) is 11.6 Å². The van der Waals surface area contributed by atoms with E-state index in [0.717, 1.165) is 24.5 Å². The van der Waals surface area contributed by atoms with E-state index < -0.39 is 0 Å². The van der Waals surface area contributed by atoms with Gasteiger partial charge in [-0.15, -0.1) is 0 Å². The molecule has 0 saturated heterocycles. The van der Waals surface area contributed by atoms with Crippen molar-refractivity contribution in [2.24, 2.45) is 0 Å². The molecule has 0 atom stereocenters. The van der Waals surface area contributed by atoms with Crippen LogP contribution >= 0.6 is 0 Å². The summed E-state index contributed by atoms with van der Waals surface area (Å²) in [6.07, 6.45) is 0.927. The summed E-state index contributed by atoms with van der Waals surface area (Å²) in [7, 11) is 0. The Morgan fingerprint density at radius 2 is 1.76 bits per heavy atom. The highest BCUT2D eigenvalue weighted by Gasteiger charge is 2.03. The van der Waals surface area contributed by atoms with Crippen LogP contribution < -0.4 is 10.6 Å². The van der Waals surface area contributed by atoms with Crippen LogP contribution in [0.5, 0.6) is 0 Å². The van der Waals surface area contributed by atoms with Crippen molar-refractivity contribution in [3.63, 3.8) is 0 Å². The maximum atomic E-state index is 8.99. The number of rotatable bonds is 6. The third-order valence-electron chi connectivity index (χ3n) is 3.66. The Kier molecular flexibility index (Phi) is 5.22. The molecule has 0 unspecified atom stereocenters. The van der Waals surface area contributed by atoms with Gasteiger partial charge in [0.15, 0.2) is 0 Å². The standard InChI is InChI=1S/C20H19N5/c1-15-23-19(22-11-10-16-6-3-2-4-7-16)13-20(24-15)25-18-9-5-8-17(12-18)14-21/h2-9,12-13H,10-11H2,1H3,(H2,22,23,24,25). The lowest BCUT2D eigenvalue weighted by atomic mass is 10.1. The molecule has 0 spiro atoms. The second-order valence-corrected chi connectivity index (χ2v) is 5.67. The monoisotopic (exact) mass is 329 g/mol. The summed E-state index contributed by atoms with van der Waals surface area (Å²) in [5, 5.41) is 15.6. The molecule has 2 N–H and O–H groups in total. The highest BCUT2D eigenvalue weighted by atomic mass is 15.1. The minimum atomic E-state index is 0.608. The topological polar surface area (TPSA) is 73.6 Å². The van der Waals surface area contributed by atoms with E-state index in [1.54, 1.807) is 12.1 Å². The van der Waals surface area contributed by atoms with E-state index >= 15 is 0 Å². The van der Waals surface area contributed by atoms with Gasteiger partial charge in [-0.2, -0.15) is 5.26 Å². The van der Waals surface area contributed by atoms with Gasteiger partial charge in [0.2, 0.25) is 0 Å². The van der Waals surface area contributed by atoms with Crippen LogP contribution in [-0.2, 0) is 6.42 Å². The van der Waals surface area contributed by atoms with Crippen molar-refractivity contribution in [3.05, 3.63) is 77.6 Å². The zero-order chi connectivity index (χ0) is 17.5. The van der Waals surface area contributed by atoms with E-state index in [2.05, 4.69) is 38.8 Å². The van der Waals surface area contributed by atoms with Crippen LogP contribution in [0.4, 0.5) is 17.3 Å². The SMILES string of the molecule is Cc1nc(NCCc2ccccc2)cc(Nc2cccc(C#N)c2)n1. The Morgan fingerprint density at radius 3 is 2.56 bits per heavy atom. The van der Waals surface area contributed by atoms with Gasteiger partial charge < -0.3 is 10.6 Å². The van der Waals surface area contributed by atoms with Crippen LogP contribution in [0.15, 0.2) is 60.7 Å². The quantitative estimate of drug-likeness (QED) is 0.713. The first kappa shape index (κ1) is 16.5. The van der Waals surface area contributed by atoms with Gasteiger partial charge in [0, 0.05) is 18.3 Å². The van der Waals surface area contributed by atoms with Crippen LogP contribution in [0.1, 0.15) is 17.0 Å². The summed E-state index contributed by atoms with van der Waals surface area (Å²) in [5.74, 6) is 2.16. The number of anilines is 3. The average molecular weight is 329 g/mol. The molecule has 0 aliphatic heterocycles. The van der Waals surface area contributed by atoms with Gasteiger partial charge in [-0.1, -0.05) is 36.4 Å². The summed E-state index contributed by atoms with van der Waals surface area (Å²) in [4.78, 5) is 8.83. The van der Waals surface area contributed by atoms with Crippen LogP contribution in [0.2, 0.25) is 0 Å². The number of aromatic nitrogens is 2. The molecule has 5 nitrogen and oxygen atoms in total. The lowest BCUT2D eigenvalue weighted by Gasteiger charge is -2.10. The highest BCUT2D eigenvalue weighted by Crippen LogP contribution is 2.18. The smallest absolute Gasteiger partial charge is 0.136 e. The molecule has 0 aliphatic rings. The van der Waals surface area contributed by atoms with Crippen molar-refractivity contribution in [1.82, 2.24) is 9.97 Å². The minimum absolute atomic E-state index is 0.608. The van der Waals surface area contributed by atoms with Gasteiger partial charge in [-0.05, 0) is 37.1 Å². The average Bonchev–Trinajstić information content (AvgIpc) is 2.62. The first-order valence-corrected chi connectivity index (χ1v) is 8.13. The molecule has 3 rings (SSSR count). The maximum absolute atomic E-state index is 8.99. The fourth-order valence-corrected chi connectivity index (χ4v) is 2.52. The molecule has 0 aliphatic carbocycles. The van der Waals surface area contributed by atoms with Crippen molar-refractivity contribution in [3.8, 4) is 6.07 Å². The number of aryl methyl sites for hydroxylation is 1. The predicted octanol–water partition coefficient (Wildman–Crippen LogP) is 4.05. The molecule has 1 aromatic heterocycles. The Labute approximate surface area is 147 Å². The number of nitrogens with zero attached hydrogens (tertiary/aromatic N) is 3. The van der Waals surface area contributed by atoms with Crippen LogP contribution in [0.25, 0.3) is 0 Å². The highest BCUT2D eigenvalue weighted by molar-refractivity contribution is 5.60. The second-order valence-electron chi connectivity index (χ2n) is 5.67. The van der Waals surface area contributed by atoms with Crippen molar-refractivity contribution in [1.29, 1.82) is 5.26 Å². The Bertz CT molecular complexity index is 884. The predicted molar refractivity (Wildman–Crippen MR) is 99.8 cm³/mol. The molecule has 5 heteroatoms. The van der Waals surface area contributed by atoms with E-state index in [9.17, 15) is 0 Å². The van der Waals surface area contributed by atoms with Crippen molar-refractivity contribution >= 4 is 17.3 Å². The summed E-state index contributed by atoms with van der Waals surface area (Å²) < 4.78 is 0. The Hall–Kier alpha value is -3.39. The first-order valence-electron chi connectivity index (χ1n) is 8.13. The van der Waals surface area contributed by atoms with Gasteiger partial charge in [-0.3, -0.25) is 0 Å². The molecule has 25 heavy (non-hydrogen) atoms.